The number of rotatable bonds is 9. The van der Waals surface area contributed by atoms with Gasteiger partial charge in [-0.25, -0.2) is 0 Å². The van der Waals surface area contributed by atoms with Gasteiger partial charge in [-0.2, -0.15) is 0 Å². The zero-order valence-electron chi connectivity index (χ0n) is 18.6. The summed E-state index contributed by atoms with van der Waals surface area (Å²) in [6, 6.07) is 0. The van der Waals surface area contributed by atoms with Crippen LogP contribution in [-0.2, 0) is 28.4 Å². The lowest BCUT2D eigenvalue weighted by atomic mass is 10.3. The van der Waals surface area contributed by atoms with Gasteiger partial charge in [0.2, 0.25) is 0 Å². The Morgan fingerprint density at radius 1 is 0.552 bits per heavy atom. The topological polar surface area (TPSA) is 65.1 Å². The van der Waals surface area contributed by atoms with Crippen LogP contribution >= 0.6 is 0 Å². The molecule has 0 aromatic rings. The molecular formula is C20H41N3O6. The molecule has 172 valence electrons. The van der Waals surface area contributed by atoms with Gasteiger partial charge in [-0.15, -0.1) is 0 Å². The molecule has 3 saturated heterocycles. The Labute approximate surface area is 176 Å². The van der Waals surface area contributed by atoms with Crippen LogP contribution in [0.15, 0.2) is 0 Å². The first kappa shape index (κ1) is 24.9. The van der Waals surface area contributed by atoms with Gasteiger partial charge in [-0.1, -0.05) is 0 Å². The predicted octanol–water partition coefficient (Wildman–Crippen LogP) is 0.646. The molecule has 3 aliphatic heterocycles. The first-order chi connectivity index (χ1) is 14.3. The van der Waals surface area contributed by atoms with E-state index in [-0.39, 0.29) is 0 Å². The van der Waals surface area contributed by atoms with Crippen molar-refractivity contribution in [3.63, 3.8) is 0 Å². The molecule has 0 unspecified atom stereocenters. The molecule has 0 aromatic heterocycles. The van der Waals surface area contributed by atoms with E-state index in [1.165, 1.54) is 0 Å². The lowest BCUT2D eigenvalue weighted by molar-refractivity contribution is -0.282. The number of morpholine rings is 3. The number of ether oxygens (including phenoxy) is 6. The Balaban J connectivity index is 0.000000257. The second-order valence-electron chi connectivity index (χ2n) is 6.95. The van der Waals surface area contributed by atoms with Gasteiger partial charge in [0.25, 0.3) is 6.48 Å². The lowest BCUT2D eigenvalue weighted by Crippen LogP contribution is -2.64. The molecule has 0 amide bonds. The summed E-state index contributed by atoms with van der Waals surface area (Å²) in [7, 11) is 0. The maximum Gasteiger partial charge on any atom is 0.271 e. The van der Waals surface area contributed by atoms with Crippen molar-refractivity contribution in [2.24, 2.45) is 0 Å². The van der Waals surface area contributed by atoms with Crippen LogP contribution in [0.25, 0.3) is 0 Å². The zero-order valence-corrected chi connectivity index (χ0v) is 18.6. The van der Waals surface area contributed by atoms with Crippen LogP contribution in [0.5, 0.6) is 0 Å². The molecule has 0 radical (unpaired) electrons. The SMILES string of the molecule is C1CN(C(N2CCOCC2)N2CCOCC2)CCO1.CCOC(OCC)OCC. The third-order valence-corrected chi connectivity index (χ3v) is 5.03. The van der Waals surface area contributed by atoms with E-state index in [1.54, 1.807) is 0 Å². The van der Waals surface area contributed by atoms with Crippen LogP contribution in [0.1, 0.15) is 20.8 Å². The Morgan fingerprint density at radius 3 is 1.07 bits per heavy atom. The van der Waals surface area contributed by atoms with Gasteiger partial charge in [-0.05, 0) is 20.8 Å². The highest BCUT2D eigenvalue weighted by Gasteiger charge is 2.33. The summed E-state index contributed by atoms with van der Waals surface area (Å²) in [6.45, 7) is 18.4. The smallest absolute Gasteiger partial charge is 0.271 e. The molecular weight excluding hydrogens is 378 g/mol. The molecule has 0 aliphatic carbocycles. The molecule has 0 aromatic carbocycles. The zero-order chi connectivity index (χ0) is 20.7. The van der Waals surface area contributed by atoms with E-state index in [4.69, 9.17) is 28.4 Å². The third kappa shape index (κ3) is 9.12. The second kappa shape index (κ2) is 15.4. The summed E-state index contributed by atoms with van der Waals surface area (Å²) >= 11 is 0. The highest BCUT2D eigenvalue weighted by atomic mass is 16.8. The molecule has 0 spiro atoms. The van der Waals surface area contributed by atoms with Crippen LogP contribution in [0, 0.1) is 0 Å². The summed E-state index contributed by atoms with van der Waals surface area (Å²) in [6.07, 6.45) is 0.400. The number of hydrogen-bond donors (Lipinski definition) is 0. The number of nitrogens with zero attached hydrogens (tertiary/aromatic N) is 3. The van der Waals surface area contributed by atoms with E-state index in [2.05, 4.69) is 14.7 Å². The van der Waals surface area contributed by atoms with Crippen molar-refractivity contribution < 1.29 is 28.4 Å². The third-order valence-electron chi connectivity index (χ3n) is 5.03. The van der Waals surface area contributed by atoms with Crippen molar-refractivity contribution in [2.45, 2.75) is 33.5 Å². The monoisotopic (exact) mass is 419 g/mol. The molecule has 0 bridgehead atoms. The van der Waals surface area contributed by atoms with Gasteiger partial charge in [0.1, 0.15) is 6.29 Å². The highest BCUT2D eigenvalue weighted by Crippen LogP contribution is 2.17. The molecule has 0 atom stereocenters. The quantitative estimate of drug-likeness (QED) is 0.501. The van der Waals surface area contributed by atoms with E-state index in [9.17, 15) is 0 Å². The summed E-state index contributed by atoms with van der Waals surface area (Å²) in [5, 5.41) is 0. The Bertz CT molecular complexity index is 331. The highest BCUT2D eigenvalue weighted by molar-refractivity contribution is 4.79. The standard InChI is InChI=1S/C13H25N3O3.C7H16O3/c1-7-17-8-2-14(1)13(15-3-9-18-10-4-15)16-5-11-19-12-6-16;1-4-8-7(9-5-2)10-6-3/h13H,1-12H2;7H,4-6H2,1-3H3. The van der Waals surface area contributed by atoms with Crippen LogP contribution in [0.2, 0.25) is 0 Å². The molecule has 29 heavy (non-hydrogen) atoms. The number of hydrogen-bond acceptors (Lipinski definition) is 9. The Morgan fingerprint density at radius 2 is 0.828 bits per heavy atom. The largest absolute Gasteiger partial charge is 0.379 e. The predicted molar refractivity (Wildman–Crippen MR) is 110 cm³/mol. The van der Waals surface area contributed by atoms with Crippen LogP contribution in [0.4, 0.5) is 0 Å². The van der Waals surface area contributed by atoms with Crippen molar-refractivity contribution >= 4 is 0 Å². The van der Waals surface area contributed by atoms with E-state index < -0.39 is 6.48 Å². The van der Waals surface area contributed by atoms with Gasteiger partial charge in [-0.3, -0.25) is 14.7 Å². The molecule has 3 heterocycles. The second-order valence-corrected chi connectivity index (χ2v) is 6.95. The fraction of sp³-hybridized carbons (Fsp3) is 1.00. The minimum absolute atomic E-state index is 0.400. The lowest BCUT2D eigenvalue weighted by Gasteiger charge is -2.48. The maximum absolute atomic E-state index is 5.50. The van der Waals surface area contributed by atoms with Gasteiger partial charge in [0.15, 0.2) is 0 Å². The van der Waals surface area contributed by atoms with Gasteiger partial charge < -0.3 is 28.4 Å². The first-order valence-electron chi connectivity index (χ1n) is 11.1. The summed E-state index contributed by atoms with van der Waals surface area (Å²) in [5.41, 5.74) is 0. The molecule has 3 aliphatic rings. The Hall–Kier alpha value is -0.360. The maximum atomic E-state index is 5.50. The van der Waals surface area contributed by atoms with Gasteiger partial charge in [0, 0.05) is 59.1 Å². The van der Waals surface area contributed by atoms with Crippen LogP contribution in [0.3, 0.4) is 0 Å². The average molecular weight is 420 g/mol. The van der Waals surface area contributed by atoms with E-state index >= 15 is 0 Å². The van der Waals surface area contributed by atoms with E-state index in [1.807, 2.05) is 20.8 Å². The first-order valence-corrected chi connectivity index (χ1v) is 11.1. The minimum Gasteiger partial charge on any atom is -0.379 e. The van der Waals surface area contributed by atoms with Crippen LogP contribution < -0.4 is 0 Å². The van der Waals surface area contributed by atoms with Crippen molar-refractivity contribution in [3.05, 3.63) is 0 Å². The van der Waals surface area contributed by atoms with Gasteiger partial charge >= 0.3 is 0 Å². The van der Waals surface area contributed by atoms with Crippen molar-refractivity contribution in [1.29, 1.82) is 0 Å². The van der Waals surface area contributed by atoms with Crippen LogP contribution in [-0.4, -0.2) is 126 Å². The van der Waals surface area contributed by atoms with Crippen molar-refractivity contribution in [1.82, 2.24) is 14.7 Å². The molecule has 3 fully saturated rings. The summed E-state index contributed by atoms with van der Waals surface area (Å²) in [4.78, 5) is 7.67. The fourth-order valence-electron chi connectivity index (χ4n) is 3.67. The molecule has 9 nitrogen and oxygen atoms in total. The van der Waals surface area contributed by atoms with Gasteiger partial charge in [0.05, 0.1) is 39.6 Å². The normalized spacial score (nSPS) is 22.7. The Kier molecular flexibility index (Phi) is 13.3. The minimum atomic E-state index is -0.472. The molecule has 0 saturated carbocycles. The summed E-state index contributed by atoms with van der Waals surface area (Å²) < 4.78 is 31.7. The van der Waals surface area contributed by atoms with Crippen molar-refractivity contribution in [3.8, 4) is 0 Å². The van der Waals surface area contributed by atoms with Crippen molar-refractivity contribution in [2.75, 3.05) is 98.7 Å². The van der Waals surface area contributed by atoms with E-state index in [0.717, 1.165) is 78.9 Å². The average Bonchev–Trinajstić information content (AvgIpc) is 2.77. The molecule has 9 heteroatoms. The fourth-order valence-corrected chi connectivity index (χ4v) is 3.67. The molecule has 3 rings (SSSR count). The molecule has 0 N–H and O–H groups in total. The van der Waals surface area contributed by atoms with E-state index in [0.29, 0.717) is 26.1 Å². The summed E-state index contributed by atoms with van der Waals surface area (Å²) in [5.74, 6) is 0.